The Balaban J connectivity index is 2.42. The predicted octanol–water partition coefficient (Wildman–Crippen LogP) is 3.22. The minimum atomic E-state index is 0.128. The van der Waals surface area contributed by atoms with Crippen molar-refractivity contribution in [1.29, 1.82) is 0 Å². The summed E-state index contributed by atoms with van der Waals surface area (Å²) in [5, 5.41) is 1.07. The fraction of sp³-hybridized carbons (Fsp3) is 0.231. The number of aromatic nitrogens is 1. The van der Waals surface area contributed by atoms with Crippen LogP contribution >= 0.6 is 0 Å². The van der Waals surface area contributed by atoms with E-state index in [9.17, 15) is 4.79 Å². The van der Waals surface area contributed by atoms with E-state index in [1.165, 1.54) is 0 Å². The Hall–Kier alpha value is -1.70. The molecule has 0 aliphatic carbocycles. The summed E-state index contributed by atoms with van der Waals surface area (Å²) in [6, 6.07) is 11.6. The van der Waals surface area contributed by atoms with E-state index in [1.807, 2.05) is 37.3 Å². The molecule has 1 aromatic heterocycles. The van der Waals surface area contributed by atoms with Crippen molar-refractivity contribution in [2.24, 2.45) is 0 Å². The van der Waals surface area contributed by atoms with Crippen molar-refractivity contribution in [3.05, 3.63) is 42.1 Å². The summed E-state index contributed by atoms with van der Waals surface area (Å²) in [6.45, 7) is 2.00. The van der Waals surface area contributed by atoms with E-state index in [4.69, 9.17) is 0 Å². The highest BCUT2D eigenvalue weighted by atomic mass is 16.1. The Morgan fingerprint density at radius 1 is 1.20 bits per heavy atom. The number of hydrogen-bond acceptors (Lipinski definition) is 2. The number of para-hydroxylation sites is 1. The second-order valence-electron chi connectivity index (χ2n) is 3.56. The monoisotopic (exact) mass is 199 g/mol. The van der Waals surface area contributed by atoms with E-state index in [2.05, 4.69) is 4.98 Å². The van der Waals surface area contributed by atoms with Crippen molar-refractivity contribution in [3.63, 3.8) is 0 Å². The third kappa shape index (κ3) is 2.04. The van der Waals surface area contributed by atoms with Crippen molar-refractivity contribution in [2.45, 2.75) is 19.8 Å². The Bertz CT molecular complexity index is 491. The molecule has 0 spiro atoms. The Kier molecular flexibility index (Phi) is 2.77. The van der Waals surface area contributed by atoms with E-state index in [0.29, 0.717) is 12.1 Å². The van der Waals surface area contributed by atoms with Gasteiger partial charge in [0.25, 0.3) is 0 Å². The number of carbonyl (C=O) groups excluding carboxylic acids is 1. The fourth-order valence-electron chi connectivity index (χ4n) is 1.58. The van der Waals surface area contributed by atoms with Gasteiger partial charge in [0.15, 0.2) is 5.78 Å². The van der Waals surface area contributed by atoms with Crippen LogP contribution in [0.3, 0.4) is 0 Å². The van der Waals surface area contributed by atoms with Gasteiger partial charge in [-0.2, -0.15) is 0 Å². The minimum absolute atomic E-state index is 0.128. The van der Waals surface area contributed by atoms with Crippen LogP contribution in [0.15, 0.2) is 36.4 Å². The standard InChI is InChI=1S/C13H13NO/c1-2-5-13(15)12-9-8-10-6-3-4-7-11(10)14-12/h3-4,6-9H,2,5H2,1H3. The zero-order chi connectivity index (χ0) is 10.7. The second kappa shape index (κ2) is 4.22. The quantitative estimate of drug-likeness (QED) is 0.710. The number of nitrogens with zero attached hydrogens (tertiary/aromatic N) is 1. The lowest BCUT2D eigenvalue weighted by molar-refractivity contribution is 0.0977. The molecule has 0 N–H and O–H groups in total. The minimum Gasteiger partial charge on any atom is -0.292 e. The highest BCUT2D eigenvalue weighted by molar-refractivity contribution is 5.96. The normalized spacial score (nSPS) is 10.5. The zero-order valence-electron chi connectivity index (χ0n) is 8.73. The molecule has 2 nitrogen and oxygen atoms in total. The molecule has 2 aromatic rings. The molecular weight excluding hydrogens is 186 g/mol. The fourth-order valence-corrected chi connectivity index (χ4v) is 1.58. The summed E-state index contributed by atoms with van der Waals surface area (Å²) in [6.07, 6.45) is 1.44. The Labute approximate surface area is 89.0 Å². The molecule has 0 bridgehead atoms. The lowest BCUT2D eigenvalue weighted by Crippen LogP contribution is -2.01. The number of Topliss-reactive ketones (excluding diaryl/α,β-unsaturated/α-hetero) is 1. The zero-order valence-corrected chi connectivity index (χ0v) is 8.73. The van der Waals surface area contributed by atoms with Crippen LogP contribution in [0.1, 0.15) is 30.3 Å². The van der Waals surface area contributed by atoms with Gasteiger partial charge in [-0.1, -0.05) is 31.2 Å². The number of carbonyl (C=O) groups is 1. The highest BCUT2D eigenvalue weighted by Gasteiger charge is 2.06. The van der Waals surface area contributed by atoms with E-state index < -0.39 is 0 Å². The maximum atomic E-state index is 11.6. The summed E-state index contributed by atoms with van der Waals surface area (Å²) in [7, 11) is 0. The first-order valence-electron chi connectivity index (χ1n) is 5.20. The van der Waals surface area contributed by atoms with Crippen molar-refractivity contribution in [2.75, 3.05) is 0 Å². The molecule has 2 heteroatoms. The molecule has 76 valence electrons. The molecular formula is C13H13NO. The van der Waals surface area contributed by atoms with E-state index in [-0.39, 0.29) is 5.78 Å². The van der Waals surface area contributed by atoms with Crippen LogP contribution in [0, 0.1) is 0 Å². The summed E-state index contributed by atoms with van der Waals surface area (Å²) >= 11 is 0. The number of ketones is 1. The van der Waals surface area contributed by atoms with Gasteiger partial charge in [-0.15, -0.1) is 0 Å². The molecule has 0 aliphatic heterocycles. The van der Waals surface area contributed by atoms with Gasteiger partial charge in [0.05, 0.1) is 5.52 Å². The van der Waals surface area contributed by atoms with Crippen LogP contribution < -0.4 is 0 Å². The Morgan fingerprint density at radius 3 is 2.80 bits per heavy atom. The number of rotatable bonds is 3. The first-order chi connectivity index (χ1) is 7.31. The molecule has 15 heavy (non-hydrogen) atoms. The van der Waals surface area contributed by atoms with Crippen LogP contribution in [-0.4, -0.2) is 10.8 Å². The number of benzene rings is 1. The van der Waals surface area contributed by atoms with E-state index in [0.717, 1.165) is 17.3 Å². The SMILES string of the molecule is CCCC(=O)c1ccc2ccccc2n1. The highest BCUT2D eigenvalue weighted by Crippen LogP contribution is 2.13. The van der Waals surface area contributed by atoms with Crippen LogP contribution in [0.4, 0.5) is 0 Å². The summed E-state index contributed by atoms with van der Waals surface area (Å²) in [4.78, 5) is 16.0. The third-order valence-electron chi connectivity index (χ3n) is 2.36. The molecule has 0 radical (unpaired) electrons. The van der Waals surface area contributed by atoms with Crippen molar-refractivity contribution in [3.8, 4) is 0 Å². The largest absolute Gasteiger partial charge is 0.292 e. The number of fused-ring (bicyclic) bond motifs is 1. The Morgan fingerprint density at radius 2 is 2.00 bits per heavy atom. The number of pyridine rings is 1. The maximum Gasteiger partial charge on any atom is 0.181 e. The van der Waals surface area contributed by atoms with Gasteiger partial charge in [-0.25, -0.2) is 4.98 Å². The van der Waals surface area contributed by atoms with Gasteiger partial charge in [0.1, 0.15) is 5.69 Å². The van der Waals surface area contributed by atoms with E-state index in [1.54, 1.807) is 6.07 Å². The number of hydrogen-bond donors (Lipinski definition) is 0. The molecule has 0 amide bonds. The lowest BCUT2D eigenvalue weighted by atomic mass is 10.1. The van der Waals surface area contributed by atoms with Gasteiger partial charge < -0.3 is 0 Å². The molecule has 1 aromatic carbocycles. The summed E-state index contributed by atoms with van der Waals surface area (Å²) in [5.41, 5.74) is 1.47. The van der Waals surface area contributed by atoms with Crippen molar-refractivity contribution < 1.29 is 4.79 Å². The predicted molar refractivity (Wildman–Crippen MR) is 61.0 cm³/mol. The first kappa shape index (κ1) is 9.84. The first-order valence-corrected chi connectivity index (χ1v) is 5.20. The van der Waals surface area contributed by atoms with Crippen LogP contribution in [0.5, 0.6) is 0 Å². The van der Waals surface area contributed by atoms with Crippen LogP contribution in [-0.2, 0) is 0 Å². The molecule has 0 fully saturated rings. The van der Waals surface area contributed by atoms with Crippen LogP contribution in [0.2, 0.25) is 0 Å². The smallest absolute Gasteiger partial charge is 0.181 e. The molecule has 0 atom stereocenters. The van der Waals surface area contributed by atoms with E-state index >= 15 is 0 Å². The summed E-state index contributed by atoms with van der Waals surface area (Å²) < 4.78 is 0. The van der Waals surface area contributed by atoms with Gasteiger partial charge in [-0.3, -0.25) is 4.79 Å². The van der Waals surface area contributed by atoms with Gasteiger partial charge in [0.2, 0.25) is 0 Å². The molecule has 2 rings (SSSR count). The molecule has 1 heterocycles. The van der Waals surface area contributed by atoms with Gasteiger partial charge in [-0.05, 0) is 18.6 Å². The topological polar surface area (TPSA) is 30.0 Å². The third-order valence-corrected chi connectivity index (χ3v) is 2.36. The van der Waals surface area contributed by atoms with Gasteiger partial charge >= 0.3 is 0 Å². The average molecular weight is 199 g/mol. The maximum absolute atomic E-state index is 11.6. The molecule has 0 aliphatic rings. The second-order valence-corrected chi connectivity index (χ2v) is 3.56. The molecule has 0 saturated heterocycles. The van der Waals surface area contributed by atoms with Crippen molar-refractivity contribution in [1.82, 2.24) is 4.98 Å². The lowest BCUT2D eigenvalue weighted by Gasteiger charge is -2.00. The summed E-state index contributed by atoms with van der Waals surface area (Å²) in [5.74, 6) is 0.128. The van der Waals surface area contributed by atoms with Crippen molar-refractivity contribution >= 4 is 16.7 Å². The average Bonchev–Trinajstić information content (AvgIpc) is 2.29. The van der Waals surface area contributed by atoms with Crippen LogP contribution in [0.25, 0.3) is 10.9 Å². The molecule has 0 unspecified atom stereocenters. The van der Waals surface area contributed by atoms with Gasteiger partial charge in [0, 0.05) is 11.8 Å². The molecule has 0 saturated carbocycles.